The molecule has 0 aromatic heterocycles. The minimum Gasteiger partial charge on any atom is -0.454 e. The van der Waals surface area contributed by atoms with Crippen LogP contribution in [-0.4, -0.2) is 19.0 Å². The van der Waals surface area contributed by atoms with E-state index in [1.54, 1.807) is 0 Å². The Morgan fingerprint density at radius 2 is 1.75 bits per heavy atom. The molecule has 2 aliphatic rings. The molecule has 20 heavy (non-hydrogen) atoms. The Labute approximate surface area is 117 Å². The molecular formula is C17H15NO2. The first-order chi connectivity index (χ1) is 9.81. The van der Waals surface area contributed by atoms with E-state index in [0.717, 1.165) is 35.7 Å². The van der Waals surface area contributed by atoms with E-state index in [1.807, 2.05) is 0 Å². The second-order valence-electron chi connectivity index (χ2n) is 5.21. The second kappa shape index (κ2) is 4.37. The minimum atomic E-state index is 0.315. The summed E-state index contributed by atoms with van der Waals surface area (Å²) >= 11 is 0. The predicted octanol–water partition coefficient (Wildman–Crippen LogP) is 3.12. The fourth-order valence-corrected chi connectivity index (χ4v) is 2.74. The highest BCUT2D eigenvalue weighted by molar-refractivity contribution is 6.14. The summed E-state index contributed by atoms with van der Waals surface area (Å²) in [5.41, 5.74) is 5.94. The molecule has 0 spiro atoms. The van der Waals surface area contributed by atoms with Gasteiger partial charge in [-0.25, -0.2) is 0 Å². The fourth-order valence-electron chi connectivity index (χ4n) is 2.74. The van der Waals surface area contributed by atoms with Gasteiger partial charge in [0.15, 0.2) is 11.5 Å². The number of hydrogen-bond donors (Lipinski definition) is 0. The van der Waals surface area contributed by atoms with Crippen molar-refractivity contribution in [3.05, 3.63) is 58.7 Å². The summed E-state index contributed by atoms with van der Waals surface area (Å²) in [6.45, 7) is 3.24. The predicted molar refractivity (Wildman–Crippen MR) is 78.0 cm³/mol. The highest BCUT2D eigenvalue weighted by Crippen LogP contribution is 2.37. The van der Waals surface area contributed by atoms with Gasteiger partial charge in [0.25, 0.3) is 0 Å². The standard InChI is InChI=1S/C17H15NO2/c1-11-2-4-12(5-3-11)17-14-9-16-15(19-10-20-16)8-13(14)6-7-18-17/h2-5,8-9H,6-7,10H2,1H3. The van der Waals surface area contributed by atoms with Gasteiger partial charge in [-0.1, -0.05) is 29.8 Å². The van der Waals surface area contributed by atoms with E-state index in [-0.39, 0.29) is 0 Å². The quantitative estimate of drug-likeness (QED) is 0.793. The lowest BCUT2D eigenvalue weighted by Crippen LogP contribution is -2.14. The molecule has 0 aliphatic carbocycles. The lowest BCUT2D eigenvalue weighted by molar-refractivity contribution is 0.174. The number of aryl methyl sites for hydroxylation is 1. The molecule has 2 aliphatic heterocycles. The van der Waals surface area contributed by atoms with Gasteiger partial charge in [0.05, 0.1) is 5.71 Å². The topological polar surface area (TPSA) is 30.8 Å². The van der Waals surface area contributed by atoms with Crippen molar-refractivity contribution in [2.24, 2.45) is 4.99 Å². The molecule has 0 fully saturated rings. The maximum Gasteiger partial charge on any atom is 0.231 e. The third-order valence-electron chi connectivity index (χ3n) is 3.83. The summed E-state index contributed by atoms with van der Waals surface area (Å²) in [7, 11) is 0. The van der Waals surface area contributed by atoms with E-state index in [0.29, 0.717) is 6.79 Å². The van der Waals surface area contributed by atoms with E-state index in [2.05, 4.69) is 43.3 Å². The lowest BCUT2D eigenvalue weighted by Gasteiger charge is -2.18. The summed E-state index contributed by atoms with van der Waals surface area (Å²) in [6.07, 6.45) is 0.960. The van der Waals surface area contributed by atoms with Gasteiger partial charge in [0.2, 0.25) is 6.79 Å². The zero-order valence-corrected chi connectivity index (χ0v) is 11.3. The molecule has 3 heteroatoms. The minimum absolute atomic E-state index is 0.315. The van der Waals surface area contributed by atoms with Gasteiger partial charge >= 0.3 is 0 Å². The van der Waals surface area contributed by atoms with Gasteiger partial charge in [0, 0.05) is 17.7 Å². The molecular weight excluding hydrogens is 250 g/mol. The van der Waals surface area contributed by atoms with Crippen LogP contribution in [-0.2, 0) is 6.42 Å². The molecule has 2 heterocycles. The Bertz CT molecular complexity index is 702. The number of nitrogens with zero attached hydrogens (tertiary/aromatic N) is 1. The van der Waals surface area contributed by atoms with Crippen molar-refractivity contribution in [3.8, 4) is 11.5 Å². The highest BCUT2D eigenvalue weighted by Gasteiger charge is 2.22. The van der Waals surface area contributed by atoms with Crippen LogP contribution in [0, 0.1) is 6.92 Å². The van der Waals surface area contributed by atoms with Crippen molar-refractivity contribution < 1.29 is 9.47 Å². The van der Waals surface area contributed by atoms with Gasteiger partial charge in [-0.15, -0.1) is 0 Å². The molecule has 100 valence electrons. The van der Waals surface area contributed by atoms with E-state index in [4.69, 9.17) is 14.5 Å². The zero-order valence-electron chi connectivity index (χ0n) is 11.3. The summed E-state index contributed by atoms with van der Waals surface area (Å²) in [5, 5.41) is 0. The summed E-state index contributed by atoms with van der Waals surface area (Å²) in [4.78, 5) is 4.72. The molecule has 3 nitrogen and oxygen atoms in total. The molecule has 0 N–H and O–H groups in total. The Kier molecular flexibility index (Phi) is 2.52. The average molecular weight is 265 g/mol. The zero-order chi connectivity index (χ0) is 13.5. The molecule has 0 radical (unpaired) electrons. The van der Waals surface area contributed by atoms with E-state index < -0.39 is 0 Å². The van der Waals surface area contributed by atoms with Gasteiger partial charge in [-0.3, -0.25) is 4.99 Å². The van der Waals surface area contributed by atoms with Crippen LogP contribution in [0.5, 0.6) is 11.5 Å². The number of ether oxygens (including phenoxy) is 2. The van der Waals surface area contributed by atoms with Gasteiger partial charge in [0.1, 0.15) is 0 Å². The number of rotatable bonds is 1. The van der Waals surface area contributed by atoms with Gasteiger partial charge < -0.3 is 9.47 Å². The smallest absolute Gasteiger partial charge is 0.231 e. The largest absolute Gasteiger partial charge is 0.454 e. The fraction of sp³-hybridized carbons (Fsp3) is 0.235. The molecule has 2 aromatic rings. The van der Waals surface area contributed by atoms with Crippen LogP contribution in [0.2, 0.25) is 0 Å². The summed E-state index contributed by atoms with van der Waals surface area (Å²) in [5.74, 6) is 1.68. The van der Waals surface area contributed by atoms with Crippen LogP contribution >= 0.6 is 0 Å². The molecule has 4 rings (SSSR count). The molecule has 2 aromatic carbocycles. The molecule has 0 atom stereocenters. The number of benzene rings is 2. The number of aliphatic imine (C=N–C) groups is 1. The van der Waals surface area contributed by atoms with Crippen molar-refractivity contribution >= 4 is 5.71 Å². The van der Waals surface area contributed by atoms with Crippen LogP contribution in [0.15, 0.2) is 41.4 Å². The maximum atomic E-state index is 5.49. The van der Waals surface area contributed by atoms with Crippen molar-refractivity contribution in [2.45, 2.75) is 13.3 Å². The van der Waals surface area contributed by atoms with Crippen molar-refractivity contribution in [3.63, 3.8) is 0 Å². The highest BCUT2D eigenvalue weighted by atomic mass is 16.7. The first kappa shape index (κ1) is 11.5. The summed E-state index contributed by atoms with van der Waals surface area (Å²) in [6, 6.07) is 12.7. The Hall–Kier alpha value is -2.29. The van der Waals surface area contributed by atoms with Crippen LogP contribution in [0.3, 0.4) is 0 Å². The van der Waals surface area contributed by atoms with E-state index in [1.165, 1.54) is 16.7 Å². The Balaban J connectivity index is 1.84. The maximum absolute atomic E-state index is 5.49. The molecule has 0 saturated heterocycles. The summed E-state index contributed by atoms with van der Waals surface area (Å²) < 4.78 is 10.9. The molecule has 0 unspecified atom stereocenters. The Morgan fingerprint density at radius 1 is 1.00 bits per heavy atom. The SMILES string of the molecule is Cc1ccc(C2=NCCc3cc4c(cc32)OCO4)cc1. The van der Waals surface area contributed by atoms with Crippen molar-refractivity contribution in [1.82, 2.24) is 0 Å². The van der Waals surface area contributed by atoms with Crippen LogP contribution < -0.4 is 9.47 Å². The Morgan fingerprint density at radius 3 is 2.55 bits per heavy atom. The lowest BCUT2D eigenvalue weighted by atomic mass is 9.92. The third-order valence-corrected chi connectivity index (χ3v) is 3.83. The van der Waals surface area contributed by atoms with Gasteiger partial charge in [-0.05, 0) is 31.0 Å². The normalized spacial score (nSPS) is 15.8. The second-order valence-corrected chi connectivity index (χ2v) is 5.21. The average Bonchev–Trinajstić information content (AvgIpc) is 2.92. The number of hydrogen-bond acceptors (Lipinski definition) is 3. The monoisotopic (exact) mass is 265 g/mol. The van der Waals surface area contributed by atoms with E-state index >= 15 is 0 Å². The van der Waals surface area contributed by atoms with E-state index in [9.17, 15) is 0 Å². The first-order valence-electron chi connectivity index (χ1n) is 6.86. The van der Waals surface area contributed by atoms with Crippen molar-refractivity contribution in [1.29, 1.82) is 0 Å². The van der Waals surface area contributed by atoms with Crippen LogP contribution in [0.25, 0.3) is 0 Å². The van der Waals surface area contributed by atoms with Crippen molar-refractivity contribution in [2.75, 3.05) is 13.3 Å². The van der Waals surface area contributed by atoms with Crippen LogP contribution in [0.4, 0.5) is 0 Å². The molecule has 0 amide bonds. The number of fused-ring (bicyclic) bond motifs is 2. The molecule has 0 bridgehead atoms. The molecule has 0 saturated carbocycles. The first-order valence-corrected chi connectivity index (χ1v) is 6.86. The van der Waals surface area contributed by atoms with Crippen LogP contribution in [0.1, 0.15) is 22.3 Å². The third kappa shape index (κ3) is 1.78. The van der Waals surface area contributed by atoms with Gasteiger partial charge in [-0.2, -0.15) is 0 Å².